The monoisotopic (exact) mass is 530 g/mol. The lowest BCUT2D eigenvalue weighted by atomic mass is 10.1. The maximum atomic E-state index is 13.2. The topological polar surface area (TPSA) is 102 Å². The number of rotatable bonds is 11. The van der Waals surface area contributed by atoms with E-state index >= 15 is 0 Å². The van der Waals surface area contributed by atoms with Crippen LogP contribution >= 0.6 is 11.8 Å². The number of benzene rings is 2. The molecule has 0 saturated heterocycles. The number of unbranched alkanes of at least 4 members (excludes halogenated alkanes) is 2. The first-order valence-electron chi connectivity index (χ1n) is 13.3. The van der Waals surface area contributed by atoms with Gasteiger partial charge >= 0.3 is 0 Å². The zero-order valence-electron chi connectivity index (χ0n) is 21.7. The SMILES string of the molecule is CNC(=O)CCCCC[C@@H](NC(=O)CC1=CSC2=NCCCN12)c1ncc(-c2ccc3ccccc3c2)[nH]1. The van der Waals surface area contributed by atoms with E-state index in [9.17, 15) is 9.59 Å². The molecule has 38 heavy (non-hydrogen) atoms. The summed E-state index contributed by atoms with van der Waals surface area (Å²) < 4.78 is 0. The third-order valence-electron chi connectivity index (χ3n) is 7.00. The van der Waals surface area contributed by atoms with Crippen LogP contribution in [0.25, 0.3) is 22.0 Å². The number of hydrogen-bond acceptors (Lipinski definition) is 6. The fourth-order valence-electron chi connectivity index (χ4n) is 4.91. The van der Waals surface area contributed by atoms with Crippen LogP contribution in [0.4, 0.5) is 0 Å². The molecule has 0 fully saturated rings. The van der Waals surface area contributed by atoms with Crippen LogP contribution < -0.4 is 10.6 Å². The molecule has 5 rings (SSSR count). The summed E-state index contributed by atoms with van der Waals surface area (Å²) in [5.74, 6) is 0.787. The van der Waals surface area contributed by atoms with Crippen LogP contribution in [-0.2, 0) is 9.59 Å². The van der Waals surface area contributed by atoms with Crippen molar-refractivity contribution >= 4 is 39.5 Å². The molecule has 2 aliphatic heterocycles. The molecule has 3 N–H and O–H groups in total. The zero-order chi connectivity index (χ0) is 26.3. The number of amides is 2. The van der Waals surface area contributed by atoms with Crippen molar-refractivity contribution in [2.24, 2.45) is 4.99 Å². The van der Waals surface area contributed by atoms with Crippen LogP contribution in [0.5, 0.6) is 0 Å². The quantitative estimate of drug-likeness (QED) is 0.299. The molecule has 9 heteroatoms. The predicted octanol–water partition coefficient (Wildman–Crippen LogP) is 5.12. The van der Waals surface area contributed by atoms with Crippen molar-refractivity contribution < 1.29 is 9.59 Å². The molecule has 3 aromatic rings. The van der Waals surface area contributed by atoms with Crippen molar-refractivity contribution in [2.75, 3.05) is 20.1 Å². The van der Waals surface area contributed by atoms with Gasteiger partial charge in [-0.05, 0) is 41.5 Å². The lowest BCUT2D eigenvalue weighted by Gasteiger charge is -2.25. The van der Waals surface area contributed by atoms with Crippen molar-refractivity contribution in [3.8, 4) is 11.3 Å². The Morgan fingerprint density at radius 3 is 2.84 bits per heavy atom. The number of imidazole rings is 1. The number of aromatic amines is 1. The van der Waals surface area contributed by atoms with Crippen LogP contribution in [-0.4, -0.2) is 52.0 Å². The summed E-state index contributed by atoms with van der Waals surface area (Å²) in [5.41, 5.74) is 2.99. The van der Waals surface area contributed by atoms with Gasteiger partial charge in [0.15, 0.2) is 5.17 Å². The number of H-pyrrole nitrogens is 1. The summed E-state index contributed by atoms with van der Waals surface area (Å²) in [6, 6.07) is 14.4. The maximum Gasteiger partial charge on any atom is 0.226 e. The molecule has 3 heterocycles. The van der Waals surface area contributed by atoms with Gasteiger partial charge in [-0.1, -0.05) is 61.0 Å². The minimum Gasteiger partial charge on any atom is -0.359 e. The average Bonchev–Trinajstić information content (AvgIpc) is 3.60. The second-order valence-corrected chi connectivity index (χ2v) is 10.5. The highest BCUT2D eigenvalue weighted by atomic mass is 32.2. The minimum absolute atomic E-state index is 0.0253. The maximum absolute atomic E-state index is 13.2. The Hall–Kier alpha value is -3.59. The van der Waals surface area contributed by atoms with Gasteiger partial charge in [-0.2, -0.15) is 0 Å². The molecule has 0 saturated carbocycles. The molecule has 2 aromatic carbocycles. The van der Waals surface area contributed by atoms with Gasteiger partial charge in [0.1, 0.15) is 5.82 Å². The van der Waals surface area contributed by atoms with Gasteiger partial charge in [-0.3, -0.25) is 14.6 Å². The second kappa shape index (κ2) is 12.3. The first-order valence-corrected chi connectivity index (χ1v) is 14.2. The smallest absolute Gasteiger partial charge is 0.226 e. The number of fused-ring (bicyclic) bond motifs is 2. The highest BCUT2D eigenvalue weighted by Crippen LogP contribution is 2.31. The number of nitrogens with zero attached hydrogens (tertiary/aromatic N) is 3. The summed E-state index contributed by atoms with van der Waals surface area (Å²) in [6.07, 6.45) is 7.05. The normalized spacial score (nSPS) is 15.6. The number of carbonyl (C=O) groups is 2. The standard InChI is InChI=1S/C29H34N6O2S/c1-30-26(36)11-4-2-3-10-24(33-27(37)17-23-19-38-29-31-14-7-15-35(23)29)28-32-18-25(34-28)22-13-12-20-8-5-6-9-21(20)16-22/h5-6,8-9,12-13,16,18-19,24H,2-4,7,10-11,14-15,17H2,1H3,(H,30,36)(H,32,34)(H,33,37)/t24-/m1/s1. The van der Waals surface area contributed by atoms with E-state index in [-0.39, 0.29) is 17.9 Å². The fourth-order valence-corrected chi connectivity index (χ4v) is 5.87. The average molecular weight is 531 g/mol. The first-order chi connectivity index (χ1) is 18.6. The molecule has 8 nitrogen and oxygen atoms in total. The number of aliphatic imine (C=N–C) groups is 1. The molecule has 198 valence electrons. The van der Waals surface area contributed by atoms with Gasteiger partial charge in [0.2, 0.25) is 11.8 Å². The van der Waals surface area contributed by atoms with Crippen molar-refractivity contribution in [1.82, 2.24) is 25.5 Å². The fraction of sp³-hybridized carbons (Fsp3) is 0.379. The van der Waals surface area contributed by atoms with Crippen molar-refractivity contribution in [3.05, 3.63) is 65.6 Å². The Kier molecular flexibility index (Phi) is 8.43. The van der Waals surface area contributed by atoms with Crippen LogP contribution in [0.2, 0.25) is 0 Å². The third-order valence-corrected chi connectivity index (χ3v) is 7.95. The molecule has 0 spiro atoms. The molecule has 2 aliphatic rings. The molecular weight excluding hydrogens is 496 g/mol. The number of hydrogen-bond donors (Lipinski definition) is 3. The Morgan fingerprint density at radius 2 is 1.97 bits per heavy atom. The second-order valence-electron chi connectivity index (χ2n) is 9.71. The molecule has 1 aromatic heterocycles. The predicted molar refractivity (Wildman–Crippen MR) is 153 cm³/mol. The minimum atomic E-state index is -0.235. The molecule has 0 bridgehead atoms. The molecule has 1 atom stereocenters. The van der Waals surface area contributed by atoms with Gasteiger partial charge < -0.3 is 20.5 Å². The number of amidine groups is 1. The van der Waals surface area contributed by atoms with Gasteiger partial charge in [-0.15, -0.1) is 0 Å². The molecule has 0 aliphatic carbocycles. The van der Waals surface area contributed by atoms with E-state index in [1.54, 1.807) is 18.8 Å². The van der Waals surface area contributed by atoms with Gasteiger partial charge in [0.25, 0.3) is 0 Å². The molecule has 0 unspecified atom stereocenters. The van der Waals surface area contributed by atoms with E-state index < -0.39 is 0 Å². The lowest BCUT2D eigenvalue weighted by Crippen LogP contribution is -2.34. The number of nitrogens with one attached hydrogen (secondary N) is 3. The van der Waals surface area contributed by atoms with Gasteiger partial charge in [0.05, 0.1) is 24.4 Å². The van der Waals surface area contributed by atoms with Crippen molar-refractivity contribution in [3.63, 3.8) is 0 Å². The largest absolute Gasteiger partial charge is 0.359 e. The highest BCUT2D eigenvalue weighted by molar-refractivity contribution is 8.16. The molecular formula is C29H34N6O2S. The van der Waals surface area contributed by atoms with Gasteiger partial charge in [0, 0.05) is 37.8 Å². The number of carbonyl (C=O) groups excluding carboxylic acids is 2. The van der Waals surface area contributed by atoms with Gasteiger partial charge in [-0.25, -0.2) is 4.98 Å². The summed E-state index contributed by atoms with van der Waals surface area (Å²) >= 11 is 1.60. The van der Waals surface area contributed by atoms with E-state index in [0.29, 0.717) is 12.8 Å². The molecule has 0 radical (unpaired) electrons. The van der Waals surface area contributed by atoms with Crippen LogP contribution in [0.15, 0.2) is 64.8 Å². The first kappa shape index (κ1) is 26.0. The van der Waals surface area contributed by atoms with Crippen LogP contribution in [0, 0.1) is 0 Å². The summed E-state index contributed by atoms with van der Waals surface area (Å²) in [6.45, 7) is 1.76. The van der Waals surface area contributed by atoms with Crippen molar-refractivity contribution in [2.45, 2.75) is 51.0 Å². The number of thioether (sulfide) groups is 1. The van der Waals surface area contributed by atoms with Crippen LogP contribution in [0.3, 0.4) is 0 Å². The van der Waals surface area contributed by atoms with E-state index in [0.717, 1.165) is 73.1 Å². The van der Waals surface area contributed by atoms with E-state index in [2.05, 4.69) is 60.8 Å². The summed E-state index contributed by atoms with van der Waals surface area (Å²) in [4.78, 5) is 39.6. The van der Waals surface area contributed by atoms with E-state index in [1.165, 1.54) is 10.8 Å². The summed E-state index contributed by atoms with van der Waals surface area (Å²) in [7, 11) is 1.66. The Bertz CT molecular complexity index is 1360. The Morgan fingerprint density at radius 1 is 1.11 bits per heavy atom. The van der Waals surface area contributed by atoms with E-state index in [1.807, 2.05) is 23.7 Å². The zero-order valence-corrected chi connectivity index (χ0v) is 22.5. The lowest BCUT2D eigenvalue weighted by molar-refractivity contribution is -0.121. The number of aromatic nitrogens is 2. The highest BCUT2D eigenvalue weighted by Gasteiger charge is 2.27. The molecule has 2 amide bonds. The Balaban J connectivity index is 1.27. The van der Waals surface area contributed by atoms with E-state index in [4.69, 9.17) is 0 Å². The summed E-state index contributed by atoms with van der Waals surface area (Å²) in [5, 5.41) is 11.3. The third kappa shape index (κ3) is 6.27. The van der Waals surface area contributed by atoms with Crippen molar-refractivity contribution in [1.29, 1.82) is 0 Å². The van der Waals surface area contributed by atoms with Crippen LogP contribution in [0.1, 0.15) is 56.8 Å². The Labute approximate surface area is 227 Å².